The first-order valence-electron chi connectivity index (χ1n) is 10.8. The summed E-state index contributed by atoms with van der Waals surface area (Å²) in [4.78, 5) is 27.7. The summed E-state index contributed by atoms with van der Waals surface area (Å²) in [5, 5.41) is 4.00. The van der Waals surface area contributed by atoms with E-state index < -0.39 is 6.04 Å². The van der Waals surface area contributed by atoms with Gasteiger partial charge in [0.15, 0.2) is 6.61 Å². The molecule has 1 aliphatic carbocycles. The Bertz CT molecular complexity index is 913. The zero-order valence-corrected chi connectivity index (χ0v) is 21.0. The van der Waals surface area contributed by atoms with Crippen molar-refractivity contribution in [3.63, 3.8) is 0 Å². The first kappa shape index (κ1) is 24.9. The summed E-state index contributed by atoms with van der Waals surface area (Å²) >= 11 is 16.1. The minimum absolute atomic E-state index is 0.111. The summed E-state index contributed by atoms with van der Waals surface area (Å²) in [6.07, 6.45) is 5.35. The fourth-order valence-corrected chi connectivity index (χ4v) is 4.55. The number of hydrogen-bond donors (Lipinski definition) is 1. The Balaban J connectivity index is 1.75. The second-order valence-electron chi connectivity index (χ2n) is 7.98. The molecule has 5 nitrogen and oxygen atoms in total. The second-order valence-corrected chi connectivity index (χ2v) is 9.71. The molecule has 0 spiro atoms. The van der Waals surface area contributed by atoms with Crippen LogP contribution in [0, 0.1) is 0 Å². The maximum absolute atomic E-state index is 13.2. The molecule has 3 rings (SSSR count). The van der Waals surface area contributed by atoms with Crippen LogP contribution in [0.1, 0.15) is 44.6 Å². The van der Waals surface area contributed by atoms with Gasteiger partial charge in [-0.1, -0.05) is 64.5 Å². The molecule has 1 unspecified atom stereocenters. The summed E-state index contributed by atoms with van der Waals surface area (Å²) in [6.45, 7) is 1.63. The Morgan fingerprint density at radius 3 is 2.34 bits per heavy atom. The third-order valence-corrected chi connectivity index (χ3v) is 6.92. The number of ether oxygens (including phenoxy) is 1. The van der Waals surface area contributed by atoms with Crippen LogP contribution in [-0.2, 0) is 16.1 Å². The lowest BCUT2D eigenvalue weighted by Gasteiger charge is -2.31. The highest BCUT2D eigenvalue weighted by molar-refractivity contribution is 9.10. The fourth-order valence-electron chi connectivity index (χ4n) is 3.76. The molecule has 2 aromatic rings. The van der Waals surface area contributed by atoms with E-state index in [0.717, 1.165) is 30.2 Å². The maximum Gasteiger partial charge on any atom is 0.261 e. The van der Waals surface area contributed by atoms with E-state index in [0.29, 0.717) is 21.4 Å². The maximum atomic E-state index is 13.2. The van der Waals surface area contributed by atoms with Crippen molar-refractivity contribution in [1.82, 2.24) is 10.2 Å². The van der Waals surface area contributed by atoms with Gasteiger partial charge in [0.25, 0.3) is 5.91 Å². The number of nitrogens with one attached hydrogen (secondary N) is 1. The lowest BCUT2D eigenvalue weighted by molar-refractivity contribution is -0.142. The van der Waals surface area contributed by atoms with Crippen LogP contribution in [-0.4, -0.2) is 35.4 Å². The molecule has 8 heteroatoms. The fraction of sp³-hybridized carbons (Fsp3) is 0.417. The van der Waals surface area contributed by atoms with Crippen molar-refractivity contribution in [2.45, 2.75) is 57.7 Å². The van der Waals surface area contributed by atoms with Gasteiger partial charge in [-0.3, -0.25) is 9.59 Å². The average Bonchev–Trinajstić information content (AvgIpc) is 2.78. The smallest absolute Gasteiger partial charge is 0.261 e. The van der Waals surface area contributed by atoms with Crippen LogP contribution in [0.2, 0.25) is 10.0 Å². The highest BCUT2D eigenvalue weighted by atomic mass is 79.9. The first-order valence-corrected chi connectivity index (χ1v) is 12.3. The Labute approximate surface area is 207 Å². The number of carbonyl (C=O) groups is 2. The molecule has 2 amide bonds. The Hall–Kier alpha value is -1.76. The molecular formula is C24H27BrCl2N2O3. The van der Waals surface area contributed by atoms with Crippen molar-refractivity contribution in [3.8, 4) is 5.75 Å². The molecule has 0 aromatic heterocycles. The summed E-state index contributed by atoms with van der Waals surface area (Å²) < 4.78 is 6.59. The van der Waals surface area contributed by atoms with Crippen LogP contribution in [0.25, 0.3) is 0 Å². The molecule has 0 bridgehead atoms. The van der Waals surface area contributed by atoms with Crippen molar-refractivity contribution >= 4 is 50.9 Å². The minimum Gasteiger partial charge on any atom is -0.484 e. The van der Waals surface area contributed by atoms with E-state index in [4.69, 9.17) is 27.9 Å². The summed E-state index contributed by atoms with van der Waals surface area (Å²) in [5.74, 6) is 0.0591. The summed E-state index contributed by atoms with van der Waals surface area (Å²) in [5.41, 5.74) is 0.602. The van der Waals surface area contributed by atoms with Gasteiger partial charge < -0.3 is 15.0 Å². The molecule has 172 valence electrons. The molecule has 0 radical (unpaired) electrons. The molecular weight excluding hydrogens is 515 g/mol. The lowest BCUT2D eigenvalue weighted by Crippen LogP contribution is -2.51. The monoisotopic (exact) mass is 540 g/mol. The number of carbonyl (C=O) groups excluding carboxylic acids is 2. The van der Waals surface area contributed by atoms with E-state index in [9.17, 15) is 9.59 Å². The van der Waals surface area contributed by atoms with Crippen molar-refractivity contribution in [2.24, 2.45) is 0 Å². The van der Waals surface area contributed by atoms with Crippen LogP contribution in [0.3, 0.4) is 0 Å². The van der Waals surface area contributed by atoms with E-state index in [1.54, 1.807) is 37.3 Å². The van der Waals surface area contributed by atoms with Gasteiger partial charge in [-0.05, 0) is 56.2 Å². The number of amides is 2. The van der Waals surface area contributed by atoms with Crippen molar-refractivity contribution < 1.29 is 14.3 Å². The predicted octanol–water partition coefficient (Wildman–Crippen LogP) is 6.00. The highest BCUT2D eigenvalue weighted by Crippen LogP contribution is 2.27. The molecule has 2 aromatic carbocycles. The first-order chi connectivity index (χ1) is 15.3. The SMILES string of the molecule is CC(C(=O)NC1CCCCC1)N(Cc1c(Cl)cccc1Cl)C(=O)COc1ccc(Br)cc1. The molecule has 1 aliphatic rings. The van der Waals surface area contributed by atoms with Crippen LogP contribution < -0.4 is 10.1 Å². The molecule has 0 aliphatic heterocycles. The third kappa shape index (κ3) is 6.87. The Kier molecular flexibility index (Phi) is 9.26. The summed E-state index contributed by atoms with van der Waals surface area (Å²) in [7, 11) is 0. The van der Waals surface area contributed by atoms with Gasteiger partial charge in [0, 0.05) is 32.7 Å². The molecule has 1 N–H and O–H groups in total. The van der Waals surface area contributed by atoms with E-state index in [-0.39, 0.29) is 31.0 Å². The van der Waals surface area contributed by atoms with Crippen LogP contribution in [0.4, 0.5) is 0 Å². The standard InChI is InChI=1S/C24H27BrCl2N2O3/c1-16(24(31)28-18-6-3-2-4-7-18)29(14-20-21(26)8-5-9-22(20)27)23(30)15-32-19-12-10-17(25)11-13-19/h5,8-13,16,18H,2-4,6-7,14-15H2,1H3,(H,28,31). The highest BCUT2D eigenvalue weighted by Gasteiger charge is 2.29. The number of benzene rings is 2. The van der Waals surface area contributed by atoms with Gasteiger partial charge in [0.2, 0.25) is 5.91 Å². The quantitative estimate of drug-likeness (QED) is 0.445. The van der Waals surface area contributed by atoms with Gasteiger partial charge in [0.05, 0.1) is 0 Å². The minimum atomic E-state index is -0.703. The van der Waals surface area contributed by atoms with Crippen LogP contribution >= 0.6 is 39.1 Å². The van der Waals surface area contributed by atoms with E-state index >= 15 is 0 Å². The largest absolute Gasteiger partial charge is 0.484 e. The van der Waals surface area contributed by atoms with Crippen molar-refractivity contribution in [2.75, 3.05) is 6.61 Å². The lowest BCUT2D eigenvalue weighted by atomic mass is 9.95. The second kappa shape index (κ2) is 11.9. The molecule has 0 heterocycles. The van der Waals surface area contributed by atoms with Gasteiger partial charge in [-0.15, -0.1) is 0 Å². The Morgan fingerprint density at radius 1 is 1.09 bits per heavy atom. The average molecular weight is 542 g/mol. The van der Waals surface area contributed by atoms with Gasteiger partial charge in [0.1, 0.15) is 11.8 Å². The van der Waals surface area contributed by atoms with Gasteiger partial charge >= 0.3 is 0 Å². The summed E-state index contributed by atoms with van der Waals surface area (Å²) in [6, 6.07) is 11.8. The topological polar surface area (TPSA) is 58.6 Å². The Morgan fingerprint density at radius 2 is 1.72 bits per heavy atom. The number of halogens is 3. The molecule has 1 fully saturated rings. The third-order valence-electron chi connectivity index (χ3n) is 5.68. The molecule has 1 saturated carbocycles. The molecule has 1 atom stereocenters. The number of hydrogen-bond acceptors (Lipinski definition) is 3. The molecule has 0 saturated heterocycles. The predicted molar refractivity (Wildman–Crippen MR) is 131 cm³/mol. The van der Waals surface area contributed by atoms with Crippen molar-refractivity contribution in [1.29, 1.82) is 0 Å². The molecule has 32 heavy (non-hydrogen) atoms. The number of rotatable bonds is 8. The van der Waals surface area contributed by atoms with Gasteiger partial charge in [-0.25, -0.2) is 0 Å². The van der Waals surface area contributed by atoms with Gasteiger partial charge in [-0.2, -0.15) is 0 Å². The van der Waals surface area contributed by atoms with Crippen molar-refractivity contribution in [3.05, 3.63) is 62.5 Å². The van der Waals surface area contributed by atoms with E-state index in [2.05, 4.69) is 21.2 Å². The van der Waals surface area contributed by atoms with E-state index in [1.165, 1.54) is 11.3 Å². The van der Waals surface area contributed by atoms with Crippen LogP contribution in [0.15, 0.2) is 46.9 Å². The zero-order valence-electron chi connectivity index (χ0n) is 18.0. The normalized spacial score (nSPS) is 15.1. The van der Waals surface area contributed by atoms with E-state index in [1.807, 2.05) is 12.1 Å². The van der Waals surface area contributed by atoms with Crippen LogP contribution in [0.5, 0.6) is 5.75 Å². The number of nitrogens with zero attached hydrogens (tertiary/aromatic N) is 1. The zero-order chi connectivity index (χ0) is 23.1.